The number of carbonyl (C=O) groups excluding carboxylic acids is 2. The molecule has 1 saturated heterocycles. The predicted molar refractivity (Wildman–Crippen MR) is 146 cm³/mol. The zero-order chi connectivity index (χ0) is 27.4. The number of hydrogen-bond donors (Lipinski definition) is 4. The summed E-state index contributed by atoms with van der Waals surface area (Å²) in [7, 11) is 0. The summed E-state index contributed by atoms with van der Waals surface area (Å²) in [5.74, 6) is -0.400. The van der Waals surface area contributed by atoms with Crippen molar-refractivity contribution in [2.75, 3.05) is 0 Å². The lowest BCUT2D eigenvalue weighted by atomic mass is 9.91. The van der Waals surface area contributed by atoms with Gasteiger partial charge in [0.1, 0.15) is 0 Å². The number of hydrogen-bond acceptors (Lipinski definition) is 7. The Labute approximate surface area is 228 Å². The maximum atomic E-state index is 13.5. The van der Waals surface area contributed by atoms with Crippen LogP contribution in [0.15, 0.2) is 76.3 Å². The molecule has 2 amide bonds. The predicted octanol–water partition coefficient (Wildman–Crippen LogP) is 5.07. The molecule has 0 spiro atoms. The molecular formula is C28H28F3N5O2S. The normalized spacial score (nSPS) is 24.4. The van der Waals surface area contributed by atoms with Crippen LogP contribution in [-0.4, -0.2) is 35.7 Å². The molecule has 204 valence electrons. The Morgan fingerprint density at radius 3 is 2.54 bits per heavy atom. The number of rotatable bonds is 7. The summed E-state index contributed by atoms with van der Waals surface area (Å²) in [6.07, 6.45) is 4.12. The van der Waals surface area contributed by atoms with Crippen LogP contribution in [0, 0.1) is 0 Å². The maximum absolute atomic E-state index is 13.5. The van der Waals surface area contributed by atoms with Crippen molar-refractivity contribution >= 4 is 29.1 Å². The lowest BCUT2D eigenvalue weighted by Crippen LogP contribution is -2.49. The number of nitrogens with zero attached hydrogens (tertiary/aromatic N) is 1. The average molecular weight is 556 g/mol. The Kier molecular flexibility index (Phi) is 8.20. The summed E-state index contributed by atoms with van der Waals surface area (Å²) in [6.45, 7) is 0.580. The number of thioether (sulfide) groups is 1. The summed E-state index contributed by atoms with van der Waals surface area (Å²) < 4.78 is 40.4. The number of halogens is 3. The standard InChI is InChI=1S/C28H28F3N5O2S/c29-28(30,31)23-7-2-1-6-22(23)18-5-3-4-17(14-18)16-33-19-8-10-20(11-9-19)34-26-32-13-12-21(35-26)15-24-25(37)36-27(38)39-24/h1-7,12-15,19-20,26,33-35H,8-11,16H2,(H,36,37,38)/b24-15-/t19-,20-,26?. The fraction of sp³-hybridized carbons (Fsp3) is 0.321. The highest BCUT2D eigenvalue weighted by molar-refractivity contribution is 8.18. The van der Waals surface area contributed by atoms with Gasteiger partial charge in [0, 0.05) is 30.5 Å². The van der Waals surface area contributed by atoms with E-state index >= 15 is 0 Å². The van der Waals surface area contributed by atoms with Crippen molar-refractivity contribution < 1.29 is 22.8 Å². The largest absolute Gasteiger partial charge is 0.417 e. The second-order valence-corrected chi connectivity index (χ2v) is 10.7. The second kappa shape index (κ2) is 11.8. The van der Waals surface area contributed by atoms with Gasteiger partial charge < -0.3 is 10.6 Å². The molecule has 2 aromatic rings. The van der Waals surface area contributed by atoms with Gasteiger partial charge in [0.15, 0.2) is 6.29 Å². The van der Waals surface area contributed by atoms with E-state index in [1.54, 1.807) is 36.6 Å². The van der Waals surface area contributed by atoms with E-state index in [2.05, 4.69) is 26.3 Å². The number of alkyl halides is 3. The van der Waals surface area contributed by atoms with Gasteiger partial charge in [-0.25, -0.2) is 0 Å². The highest BCUT2D eigenvalue weighted by Gasteiger charge is 2.33. The Balaban J connectivity index is 1.10. The fourth-order valence-electron chi connectivity index (χ4n) is 4.97. The Morgan fingerprint density at radius 1 is 1.03 bits per heavy atom. The molecule has 7 nitrogen and oxygen atoms in total. The highest BCUT2D eigenvalue weighted by atomic mass is 32.2. The van der Waals surface area contributed by atoms with E-state index in [4.69, 9.17) is 0 Å². The first-order chi connectivity index (χ1) is 18.7. The molecule has 1 aliphatic carbocycles. The zero-order valence-electron chi connectivity index (χ0n) is 20.9. The summed E-state index contributed by atoms with van der Waals surface area (Å²) in [5, 5.41) is 12.2. The van der Waals surface area contributed by atoms with Gasteiger partial charge in [0.25, 0.3) is 11.1 Å². The molecular weight excluding hydrogens is 527 g/mol. The number of allylic oxidation sites excluding steroid dienone is 2. The molecule has 0 radical (unpaired) electrons. The van der Waals surface area contributed by atoms with Crippen molar-refractivity contribution in [3.63, 3.8) is 0 Å². The molecule has 5 rings (SSSR count). The molecule has 39 heavy (non-hydrogen) atoms. The van der Waals surface area contributed by atoms with Crippen molar-refractivity contribution in [1.82, 2.24) is 21.3 Å². The number of benzene rings is 2. The summed E-state index contributed by atoms with van der Waals surface area (Å²) in [6, 6.07) is 13.5. The van der Waals surface area contributed by atoms with E-state index in [9.17, 15) is 22.8 Å². The molecule has 2 aromatic carbocycles. The molecule has 1 unspecified atom stereocenters. The molecule has 1 atom stereocenters. The highest BCUT2D eigenvalue weighted by Crippen LogP contribution is 2.37. The molecule has 0 bridgehead atoms. The van der Waals surface area contributed by atoms with Gasteiger partial charge in [0.05, 0.1) is 10.5 Å². The number of amides is 2. The third kappa shape index (κ3) is 6.97. The van der Waals surface area contributed by atoms with Crippen LogP contribution in [0.25, 0.3) is 11.1 Å². The third-order valence-electron chi connectivity index (χ3n) is 6.91. The molecule has 2 fully saturated rings. The van der Waals surface area contributed by atoms with E-state index in [-0.39, 0.29) is 23.1 Å². The third-order valence-corrected chi connectivity index (χ3v) is 7.72. The first-order valence-corrected chi connectivity index (χ1v) is 13.6. The average Bonchev–Trinajstić information content (AvgIpc) is 3.24. The van der Waals surface area contributed by atoms with Crippen molar-refractivity contribution in [1.29, 1.82) is 0 Å². The minimum Gasteiger partial charge on any atom is -0.351 e. The van der Waals surface area contributed by atoms with Crippen molar-refractivity contribution in [2.45, 2.75) is 56.8 Å². The van der Waals surface area contributed by atoms with E-state index < -0.39 is 17.6 Å². The van der Waals surface area contributed by atoms with Crippen LogP contribution in [0.4, 0.5) is 18.0 Å². The lowest BCUT2D eigenvalue weighted by molar-refractivity contribution is -0.137. The molecule has 4 N–H and O–H groups in total. The van der Waals surface area contributed by atoms with Gasteiger partial charge in [-0.15, -0.1) is 0 Å². The van der Waals surface area contributed by atoms with E-state index in [0.29, 0.717) is 28.8 Å². The monoisotopic (exact) mass is 555 g/mol. The minimum absolute atomic E-state index is 0.186. The summed E-state index contributed by atoms with van der Waals surface area (Å²) in [4.78, 5) is 27.9. The quantitative estimate of drug-likeness (QED) is 0.357. The number of nitrogens with one attached hydrogen (secondary N) is 4. The maximum Gasteiger partial charge on any atom is 0.417 e. The molecule has 2 aliphatic heterocycles. The second-order valence-electron chi connectivity index (χ2n) is 9.66. The van der Waals surface area contributed by atoms with Gasteiger partial charge in [-0.1, -0.05) is 36.4 Å². The van der Waals surface area contributed by atoms with Crippen LogP contribution < -0.4 is 21.3 Å². The van der Waals surface area contributed by atoms with Crippen LogP contribution >= 0.6 is 11.8 Å². The Hall–Kier alpha value is -3.41. The molecule has 0 aromatic heterocycles. The number of aliphatic imine (C=N–C) groups is 1. The van der Waals surface area contributed by atoms with Crippen LogP contribution in [0.5, 0.6) is 0 Å². The molecule has 2 heterocycles. The Morgan fingerprint density at radius 2 is 1.79 bits per heavy atom. The summed E-state index contributed by atoms with van der Waals surface area (Å²) in [5.41, 5.74) is 1.75. The van der Waals surface area contributed by atoms with Crippen LogP contribution in [0.2, 0.25) is 0 Å². The van der Waals surface area contributed by atoms with Crippen LogP contribution in [-0.2, 0) is 17.5 Å². The van der Waals surface area contributed by atoms with Gasteiger partial charge in [-0.05, 0) is 78.4 Å². The Bertz CT molecular complexity index is 1330. The smallest absolute Gasteiger partial charge is 0.351 e. The van der Waals surface area contributed by atoms with Crippen molar-refractivity contribution in [2.24, 2.45) is 4.99 Å². The van der Waals surface area contributed by atoms with Gasteiger partial charge >= 0.3 is 6.18 Å². The number of carbonyl (C=O) groups is 2. The zero-order valence-corrected chi connectivity index (χ0v) is 21.7. The first-order valence-electron chi connectivity index (χ1n) is 12.7. The van der Waals surface area contributed by atoms with E-state index in [1.165, 1.54) is 12.1 Å². The molecule has 3 aliphatic rings. The number of imide groups is 1. The molecule has 1 saturated carbocycles. The van der Waals surface area contributed by atoms with Gasteiger partial charge in [-0.2, -0.15) is 13.2 Å². The lowest BCUT2D eigenvalue weighted by Gasteiger charge is -2.32. The molecule has 11 heteroatoms. The fourth-order valence-corrected chi connectivity index (χ4v) is 5.64. The first kappa shape index (κ1) is 27.2. The van der Waals surface area contributed by atoms with Gasteiger partial charge in [-0.3, -0.25) is 25.2 Å². The van der Waals surface area contributed by atoms with Crippen molar-refractivity contribution in [3.05, 3.63) is 82.4 Å². The topological polar surface area (TPSA) is 94.6 Å². The summed E-state index contributed by atoms with van der Waals surface area (Å²) >= 11 is 0.872. The van der Waals surface area contributed by atoms with Crippen LogP contribution in [0.3, 0.4) is 0 Å². The van der Waals surface area contributed by atoms with E-state index in [0.717, 1.165) is 49.1 Å². The van der Waals surface area contributed by atoms with Gasteiger partial charge in [0.2, 0.25) is 0 Å². The SMILES string of the molecule is O=C1NC(=O)/C(=C/C2=CC=NC(N[C@H]3CC[C@H](NCc4cccc(-c5ccccc5C(F)(F)F)c4)CC3)N2)S1. The minimum atomic E-state index is -4.41. The van der Waals surface area contributed by atoms with Crippen LogP contribution in [0.1, 0.15) is 36.8 Å². The van der Waals surface area contributed by atoms with Crippen molar-refractivity contribution in [3.8, 4) is 11.1 Å². The van der Waals surface area contributed by atoms with E-state index in [1.807, 2.05) is 12.1 Å².